The summed E-state index contributed by atoms with van der Waals surface area (Å²) in [6.45, 7) is -0.0291. The molecule has 0 heterocycles. The molecule has 24 heavy (non-hydrogen) atoms. The fourth-order valence-electron chi connectivity index (χ4n) is 2.07. The Bertz CT molecular complexity index is 730. The number of aliphatic hydroxyl groups excluding tert-OH is 1. The number of non-ortho nitro benzene ring substituents is 1. The van der Waals surface area contributed by atoms with Gasteiger partial charge in [-0.3, -0.25) is 14.9 Å². The third kappa shape index (κ3) is 4.67. The van der Waals surface area contributed by atoms with Gasteiger partial charge in [-0.05, 0) is 35.4 Å². The minimum absolute atomic E-state index is 0.00844. The van der Waals surface area contributed by atoms with Gasteiger partial charge in [0.25, 0.3) is 5.69 Å². The number of nitro benzene ring substituents is 1. The van der Waals surface area contributed by atoms with Crippen molar-refractivity contribution in [3.8, 4) is 0 Å². The summed E-state index contributed by atoms with van der Waals surface area (Å²) >= 11 is 12.0. The van der Waals surface area contributed by atoms with Gasteiger partial charge in [0, 0.05) is 28.7 Å². The standard InChI is InChI=1S/C16H14Cl2N2O4/c17-13-2-1-3-14(18)12(13)8-16(22)19-9-15(21)10-4-6-11(7-5-10)20(23)24/h1-7,15,21H,8-9H2,(H,19,22)/t15-/m0/s1. The molecule has 6 nitrogen and oxygen atoms in total. The summed E-state index contributed by atoms with van der Waals surface area (Å²) in [4.78, 5) is 22.0. The Labute approximate surface area is 148 Å². The first-order chi connectivity index (χ1) is 11.4. The zero-order chi connectivity index (χ0) is 17.7. The first-order valence-electron chi connectivity index (χ1n) is 7.00. The highest BCUT2D eigenvalue weighted by Crippen LogP contribution is 2.24. The van der Waals surface area contributed by atoms with E-state index in [4.69, 9.17) is 23.2 Å². The summed E-state index contributed by atoms with van der Waals surface area (Å²) in [5.41, 5.74) is 0.920. The Hall–Kier alpha value is -2.15. The van der Waals surface area contributed by atoms with Gasteiger partial charge in [0.15, 0.2) is 0 Å². The van der Waals surface area contributed by atoms with E-state index in [1.54, 1.807) is 18.2 Å². The highest BCUT2D eigenvalue weighted by Gasteiger charge is 2.14. The molecule has 0 aliphatic rings. The van der Waals surface area contributed by atoms with Gasteiger partial charge in [-0.1, -0.05) is 29.3 Å². The molecule has 2 N–H and O–H groups in total. The van der Waals surface area contributed by atoms with Crippen LogP contribution in [0, 0.1) is 10.1 Å². The second-order valence-corrected chi connectivity index (χ2v) is 5.86. The lowest BCUT2D eigenvalue weighted by Crippen LogP contribution is -2.29. The Morgan fingerprint density at radius 2 is 1.75 bits per heavy atom. The lowest BCUT2D eigenvalue weighted by Gasteiger charge is -2.13. The smallest absolute Gasteiger partial charge is 0.269 e. The summed E-state index contributed by atoms with van der Waals surface area (Å²) in [5, 5.41) is 24.0. The molecule has 8 heteroatoms. The van der Waals surface area contributed by atoms with Crippen LogP contribution in [0.2, 0.25) is 10.0 Å². The first kappa shape index (κ1) is 18.2. The lowest BCUT2D eigenvalue weighted by molar-refractivity contribution is -0.384. The molecule has 0 saturated carbocycles. The van der Waals surface area contributed by atoms with Gasteiger partial charge in [-0.2, -0.15) is 0 Å². The topological polar surface area (TPSA) is 92.5 Å². The van der Waals surface area contributed by atoms with Crippen molar-refractivity contribution >= 4 is 34.8 Å². The maximum Gasteiger partial charge on any atom is 0.269 e. The maximum atomic E-state index is 12.0. The van der Waals surface area contributed by atoms with Crippen molar-refractivity contribution < 1.29 is 14.8 Å². The van der Waals surface area contributed by atoms with Crippen LogP contribution in [0.4, 0.5) is 5.69 Å². The highest BCUT2D eigenvalue weighted by atomic mass is 35.5. The Morgan fingerprint density at radius 3 is 2.29 bits per heavy atom. The second kappa shape index (κ2) is 8.10. The number of nitro groups is 1. The summed E-state index contributed by atoms with van der Waals surface area (Å²) in [5.74, 6) is -0.342. The molecule has 0 bridgehead atoms. The van der Waals surface area contributed by atoms with E-state index in [0.29, 0.717) is 21.2 Å². The van der Waals surface area contributed by atoms with Gasteiger partial charge in [0.2, 0.25) is 5.91 Å². The van der Waals surface area contributed by atoms with Crippen LogP contribution in [-0.2, 0) is 11.2 Å². The fraction of sp³-hybridized carbons (Fsp3) is 0.188. The largest absolute Gasteiger partial charge is 0.387 e. The van der Waals surface area contributed by atoms with E-state index >= 15 is 0 Å². The van der Waals surface area contributed by atoms with Crippen LogP contribution in [0.5, 0.6) is 0 Å². The predicted octanol–water partition coefficient (Wildman–Crippen LogP) is 3.29. The van der Waals surface area contributed by atoms with Crippen LogP contribution in [0.3, 0.4) is 0 Å². The number of rotatable bonds is 6. The monoisotopic (exact) mass is 368 g/mol. The molecule has 2 aromatic rings. The minimum atomic E-state index is -0.975. The molecule has 0 unspecified atom stereocenters. The van der Waals surface area contributed by atoms with E-state index in [1.807, 2.05) is 0 Å². The summed E-state index contributed by atoms with van der Waals surface area (Å²) in [6, 6.07) is 10.4. The van der Waals surface area contributed by atoms with E-state index in [-0.39, 0.29) is 24.6 Å². The molecule has 1 atom stereocenters. The van der Waals surface area contributed by atoms with Crippen LogP contribution in [0.1, 0.15) is 17.2 Å². The third-order valence-corrected chi connectivity index (χ3v) is 4.09. The van der Waals surface area contributed by atoms with Crippen LogP contribution in [-0.4, -0.2) is 22.5 Å². The average molecular weight is 369 g/mol. The van der Waals surface area contributed by atoms with Gasteiger partial charge in [-0.25, -0.2) is 0 Å². The number of halogens is 2. The maximum absolute atomic E-state index is 12.0. The number of aliphatic hydroxyl groups is 1. The van der Waals surface area contributed by atoms with E-state index in [0.717, 1.165) is 0 Å². The summed E-state index contributed by atoms with van der Waals surface area (Å²) in [7, 11) is 0. The van der Waals surface area contributed by atoms with Crippen LogP contribution >= 0.6 is 23.2 Å². The molecule has 1 amide bonds. The van der Waals surface area contributed by atoms with Crippen molar-refractivity contribution in [3.05, 3.63) is 73.8 Å². The van der Waals surface area contributed by atoms with Crippen molar-refractivity contribution in [2.75, 3.05) is 6.54 Å². The molecule has 0 aliphatic heterocycles. The van der Waals surface area contributed by atoms with Gasteiger partial charge in [0.05, 0.1) is 17.4 Å². The van der Waals surface area contributed by atoms with Crippen molar-refractivity contribution in [1.29, 1.82) is 0 Å². The minimum Gasteiger partial charge on any atom is -0.387 e. The average Bonchev–Trinajstić information content (AvgIpc) is 2.56. The Kier molecular flexibility index (Phi) is 6.14. The molecule has 0 saturated heterocycles. The number of nitrogens with one attached hydrogen (secondary N) is 1. The second-order valence-electron chi connectivity index (χ2n) is 5.05. The molecule has 0 aromatic heterocycles. The number of benzene rings is 2. The zero-order valence-electron chi connectivity index (χ0n) is 12.4. The quantitative estimate of drug-likeness (QED) is 0.604. The SMILES string of the molecule is O=C(Cc1c(Cl)cccc1Cl)NC[C@H](O)c1ccc([N+](=O)[O-])cc1. The first-order valence-corrected chi connectivity index (χ1v) is 7.76. The van der Waals surface area contributed by atoms with Gasteiger partial charge < -0.3 is 10.4 Å². The van der Waals surface area contributed by atoms with Crippen molar-refractivity contribution in [3.63, 3.8) is 0 Å². The normalized spacial score (nSPS) is 11.8. The summed E-state index contributed by atoms with van der Waals surface area (Å²) in [6.07, 6.45) is -0.984. The Balaban J connectivity index is 1.92. The molecule has 2 aromatic carbocycles. The Morgan fingerprint density at radius 1 is 1.17 bits per heavy atom. The van der Waals surface area contributed by atoms with Gasteiger partial charge in [-0.15, -0.1) is 0 Å². The van der Waals surface area contributed by atoms with E-state index in [9.17, 15) is 20.0 Å². The van der Waals surface area contributed by atoms with E-state index < -0.39 is 11.0 Å². The predicted molar refractivity (Wildman–Crippen MR) is 91.2 cm³/mol. The van der Waals surface area contributed by atoms with Crippen LogP contribution in [0.25, 0.3) is 0 Å². The molecule has 126 valence electrons. The number of carbonyl (C=O) groups is 1. The molecular formula is C16H14Cl2N2O4. The number of amides is 1. The van der Waals surface area contributed by atoms with Crippen LogP contribution < -0.4 is 5.32 Å². The highest BCUT2D eigenvalue weighted by molar-refractivity contribution is 6.36. The van der Waals surface area contributed by atoms with Gasteiger partial charge >= 0.3 is 0 Å². The van der Waals surface area contributed by atoms with Crippen molar-refractivity contribution in [2.24, 2.45) is 0 Å². The molecular weight excluding hydrogens is 355 g/mol. The van der Waals surface area contributed by atoms with E-state index in [1.165, 1.54) is 24.3 Å². The van der Waals surface area contributed by atoms with Crippen molar-refractivity contribution in [1.82, 2.24) is 5.32 Å². The number of hydrogen-bond donors (Lipinski definition) is 2. The van der Waals surface area contributed by atoms with Crippen molar-refractivity contribution in [2.45, 2.75) is 12.5 Å². The molecule has 2 rings (SSSR count). The lowest BCUT2D eigenvalue weighted by atomic mass is 10.1. The fourth-order valence-corrected chi connectivity index (χ4v) is 2.60. The summed E-state index contributed by atoms with van der Waals surface area (Å²) < 4.78 is 0. The molecule has 0 radical (unpaired) electrons. The number of carbonyl (C=O) groups excluding carboxylic acids is 1. The molecule has 0 spiro atoms. The van der Waals surface area contributed by atoms with Crippen LogP contribution in [0.15, 0.2) is 42.5 Å². The van der Waals surface area contributed by atoms with Gasteiger partial charge in [0.1, 0.15) is 0 Å². The molecule has 0 fully saturated rings. The zero-order valence-corrected chi connectivity index (χ0v) is 13.9. The molecule has 0 aliphatic carbocycles. The number of hydrogen-bond acceptors (Lipinski definition) is 4. The number of nitrogens with zero attached hydrogens (tertiary/aromatic N) is 1. The third-order valence-electron chi connectivity index (χ3n) is 3.38. The van der Waals surface area contributed by atoms with E-state index in [2.05, 4.69) is 5.32 Å².